The van der Waals surface area contributed by atoms with Crippen LogP contribution in [0.25, 0.3) is 0 Å². The van der Waals surface area contributed by atoms with E-state index in [9.17, 15) is 9.50 Å². The average molecular weight is 324 g/mol. The maximum Gasteiger partial charge on any atom is 0.225 e. The second-order valence-electron chi connectivity index (χ2n) is 5.57. The Kier molecular flexibility index (Phi) is 5.69. The summed E-state index contributed by atoms with van der Waals surface area (Å²) in [5, 5.41) is 10.8. The number of hydrogen-bond acceptors (Lipinski definition) is 4. The molecular formula is C16H19ClFN3O. The third-order valence-electron chi connectivity index (χ3n) is 3.12. The van der Waals surface area contributed by atoms with Gasteiger partial charge in [-0.2, -0.15) is 0 Å². The topological polar surface area (TPSA) is 49.2 Å². The van der Waals surface area contributed by atoms with E-state index in [1.807, 2.05) is 4.90 Å². The summed E-state index contributed by atoms with van der Waals surface area (Å²) in [4.78, 5) is 10.3. The van der Waals surface area contributed by atoms with E-state index in [0.29, 0.717) is 35.5 Å². The molecule has 1 aromatic carbocycles. The van der Waals surface area contributed by atoms with E-state index in [2.05, 4.69) is 23.8 Å². The SMILES string of the molecule is CC(C)CN(CC(O)c1ccc(F)cc1)c1ncc(Cl)cn1. The second kappa shape index (κ2) is 7.51. The predicted molar refractivity (Wildman–Crippen MR) is 85.5 cm³/mol. The van der Waals surface area contributed by atoms with Gasteiger partial charge in [-0.1, -0.05) is 37.6 Å². The Balaban J connectivity index is 2.15. The molecule has 0 spiro atoms. The molecule has 1 unspecified atom stereocenters. The van der Waals surface area contributed by atoms with E-state index in [-0.39, 0.29) is 5.82 Å². The molecule has 0 aliphatic carbocycles. The first-order valence-corrected chi connectivity index (χ1v) is 7.49. The number of benzene rings is 1. The third-order valence-corrected chi connectivity index (χ3v) is 3.32. The maximum absolute atomic E-state index is 13.0. The molecular weight excluding hydrogens is 305 g/mol. The standard InChI is InChI=1S/C16H19ClFN3O/c1-11(2)9-21(16-19-7-13(17)8-20-16)10-15(22)12-3-5-14(18)6-4-12/h3-8,11,15,22H,9-10H2,1-2H3. The number of rotatable bonds is 6. The van der Waals surface area contributed by atoms with Gasteiger partial charge in [0.25, 0.3) is 0 Å². The Bertz CT molecular complexity index is 589. The van der Waals surface area contributed by atoms with Crippen LogP contribution in [0.15, 0.2) is 36.7 Å². The van der Waals surface area contributed by atoms with Crippen molar-refractivity contribution in [1.82, 2.24) is 9.97 Å². The molecule has 0 aliphatic heterocycles. The molecule has 2 aromatic rings. The van der Waals surface area contributed by atoms with Crippen LogP contribution in [0.3, 0.4) is 0 Å². The number of halogens is 2. The molecule has 2 rings (SSSR count). The minimum atomic E-state index is -0.751. The fourth-order valence-corrected chi connectivity index (χ4v) is 2.24. The predicted octanol–water partition coefficient (Wildman–Crippen LogP) is 3.47. The van der Waals surface area contributed by atoms with Gasteiger partial charge in [0.15, 0.2) is 0 Å². The van der Waals surface area contributed by atoms with Crippen LogP contribution in [0.1, 0.15) is 25.5 Å². The van der Waals surface area contributed by atoms with Crippen LogP contribution in [0.5, 0.6) is 0 Å². The largest absolute Gasteiger partial charge is 0.387 e. The van der Waals surface area contributed by atoms with Gasteiger partial charge in [-0.25, -0.2) is 14.4 Å². The molecule has 1 aromatic heterocycles. The Morgan fingerprint density at radius 3 is 2.27 bits per heavy atom. The molecule has 1 N–H and O–H groups in total. The summed E-state index contributed by atoms with van der Waals surface area (Å²) < 4.78 is 13.0. The van der Waals surface area contributed by atoms with Crippen LogP contribution in [0.4, 0.5) is 10.3 Å². The highest BCUT2D eigenvalue weighted by Gasteiger charge is 2.17. The highest BCUT2D eigenvalue weighted by molar-refractivity contribution is 6.30. The Hall–Kier alpha value is -1.72. The lowest BCUT2D eigenvalue weighted by molar-refractivity contribution is 0.182. The molecule has 0 radical (unpaired) electrons. The van der Waals surface area contributed by atoms with Crippen molar-refractivity contribution in [2.45, 2.75) is 20.0 Å². The lowest BCUT2D eigenvalue weighted by Crippen LogP contribution is -2.33. The summed E-state index contributed by atoms with van der Waals surface area (Å²) in [6.07, 6.45) is 2.31. The molecule has 118 valence electrons. The van der Waals surface area contributed by atoms with E-state index in [4.69, 9.17) is 11.6 Å². The Labute approximate surface area is 134 Å². The summed E-state index contributed by atoms with van der Waals surface area (Å²) in [6.45, 7) is 5.17. The van der Waals surface area contributed by atoms with Crippen molar-refractivity contribution < 1.29 is 9.50 Å². The smallest absolute Gasteiger partial charge is 0.225 e. The van der Waals surface area contributed by atoms with Crippen molar-refractivity contribution in [3.63, 3.8) is 0 Å². The van der Waals surface area contributed by atoms with E-state index >= 15 is 0 Å². The van der Waals surface area contributed by atoms with E-state index < -0.39 is 6.10 Å². The number of aliphatic hydroxyl groups is 1. The van der Waals surface area contributed by atoms with Gasteiger partial charge in [-0.05, 0) is 23.6 Å². The van der Waals surface area contributed by atoms with E-state index in [0.717, 1.165) is 0 Å². The summed E-state index contributed by atoms with van der Waals surface area (Å²) in [6, 6.07) is 5.83. The highest BCUT2D eigenvalue weighted by Crippen LogP contribution is 2.19. The van der Waals surface area contributed by atoms with Gasteiger partial charge in [0, 0.05) is 6.54 Å². The number of hydrogen-bond donors (Lipinski definition) is 1. The Morgan fingerprint density at radius 2 is 1.73 bits per heavy atom. The molecule has 0 saturated carbocycles. The van der Waals surface area contributed by atoms with Gasteiger partial charge in [-0.15, -0.1) is 0 Å². The third kappa shape index (κ3) is 4.64. The van der Waals surface area contributed by atoms with Crippen LogP contribution >= 0.6 is 11.6 Å². The van der Waals surface area contributed by atoms with Gasteiger partial charge in [0.2, 0.25) is 5.95 Å². The van der Waals surface area contributed by atoms with Crippen molar-refractivity contribution >= 4 is 17.5 Å². The van der Waals surface area contributed by atoms with Gasteiger partial charge in [0.1, 0.15) is 5.82 Å². The fraction of sp³-hybridized carbons (Fsp3) is 0.375. The van der Waals surface area contributed by atoms with Crippen molar-refractivity contribution in [3.8, 4) is 0 Å². The van der Waals surface area contributed by atoms with Crippen LogP contribution in [-0.4, -0.2) is 28.2 Å². The molecule has 0 amide bonds. The first-order chi connectivity index (χ1) is 10.5. The van der Waals surface area contributed by atoms with Gasteiger partial charge < -0.3 is 10.0 Å². The summed E-state index contributed by atoms with van der Waals surface area (Å²) >= 11 is 5.81. The zero-order valence-corrected chi connectivity index (χ0v) is 13.3. The molecule has 6 heteroatoms. The molecule has 0 fully saturated rings. The minimum Gasteiger partial charge on any atom is -0.387 e. The lowest BCUT2D eigenvalue weighted by Gasteiger charge is -2.27. The Morgan fingerprint density at radius 1 is 1.14 bits per heavy atom. The van der Waals surface area contributed by atoms with Gasteiger partial charge in [-0.3, -0.25) is 0 Å². The first-order valence-electron chi connectivity index (χ1n) is 7.11. The van der Waals surface area contributed by atoms with Crippen LogP contribution < -0.4 is 4.90 Å². The first kappa shape index (κ1) is 16.6. The molecule has 22 heavy (non-hydrogen) atoms. The quantitative estimate of drug-likeness (QED) is 0.884. The van der Waals surface area contributed by atoms with Crippen molar-refractivity contribution in [3.05, 3.63) is 53.1 Å². The maximum atomic E-state index is 13.0. The zero-order valence-electron chi connectivity index (χ0n) is 12.6. The van der Waals surface area contributed by atoms with Crippen molar-refractivity contribution in [1.29, 1.82) is 0 Å². The molecule has 4 nitrogen and oxygen atoms in total. The second-order valence-corrected chi connectivity index (χ2v) is 6.00. The van der Waals surface area contributed by atoms with E-state index in [1.54, 1.807) is 12.1 Å². The number of anilines is 1. The fourth-order valence-electron chi connectivity index (χ4n) is 2.15. The number of aliphatic hydroxyl groups excluding tert-OH is 1. The van der Waals surface area contributed by atoms with Crippen molar-refractivity contribution in [2.75, 3.05) is 18.0 Å². The molecule has 0 saturated heterocycles. The number of nitrogens with zero attached hydrogens (tertiary/aromatic N) is 3. The van der Waals surface area contributed by atoms with E-state index in [1.165, 1.54) is 24.5 Å². The monoisotopic (exact) mass is 323 g/mol. The van der Waals surface area contributed by atoms with Crippen LogP contribution in [-0.2, 0) is 0 Å². The molecule has 0 aliphatic rings. The normalized spacial score (nSPS) is 12.5. The summed E-state index contributed by atoms with van der Waals surface area (Å²) in [5.41, 5.74) is 0.657. The van der Waals surface area contributed by atoms with Crippen LogP contribution in [0, 0.1) is 11.7 Å². The van der Waals surface area contributed by atoms with Crippen LogP contribution in [0.2, 0.25) is 5.02 Å². The molecule has 1 heterocycles. The summed E-state index contributed by atoms with van der Waals surface area (Å²) in [5.74, 6) is 0.565. The van der Waals surface area contributed by atoms with Crippen molar-refractivity contribution in [2.24, 2.45) is 5.92 Å². The summed E-state index contributed by atoms with van der Waals surface area (Å²) in [7, 11) is 0. The lowest BCUT2D eigenvalue weighted by atomic mass is 10.1. The molecule has 1 atom stereocenters. The minimum absolute atomic E-state index is 0.323. The zero-order chi connectivity index (χ0) is 16.1. The molecule has 0 bridgehead atoms. The van der Waals surface area contributed by atoms with Gasteiger partial charge >= 0.3 is 0 Å². The average Bonchev–Trinajstić information content (AvgIpc) is 2.47. The highest BCUT2D eigenvalue weighted by atomic mass is 35.5. The number of aromatic nitrogens is 2. The van der Waals surface area contributed by atoms with Gasteiger partial charge in [0.05, 0.1) is 30.1 Å².